The van der Waals surface area contributed by atoms with E-state index >= 15 is 0 Å². The van der Waals surface area contributed by atoms with Crippen LogP contribution in [0.2, 0.25) is 0 Å². The lowest BCUT2D eigenvalue weighted by atomic mass is 9.93. The molecule has 16 heavy (non-hydrogen) atoms. The van der Waals surface area contributed by atoms with E-state index in [1.807, 2.05) is 32.2 Å². The molecular formula is C14H17NO. The molecule has 0 radical (unpaired) electrons. The van der Waals surface area contributed by atoms with Crippen molar-refractivity contribution < 1.29 is 4.79 Å². The summed E-state index contributed by atoms with van der Waals surface area (Å²) in [6.45, 7) is 4.00. The third kappa shape index (κ3) is 1.75. The zero-order valence-electron chi connectivity index (χ0n) is 9.86. The topological polar surface area (TPSA) is 21.5 Å². The zero-order valence-corrected chi connectivity index (χ0v) is 9.86. The Morgan fingerprint density at radius 1 is 1.19 bits per heavy atom. The number of aryl methyl sites for hydroxylation is 1. The summed E-state index contributed by atoms with van der Waals surface area (Å²) < 4.78 is 2.11. The molecule has 1 aliphatic carbocycles. The van der Waals surface area contributed by atoms with Gasteiger partial charge in [-0.1, -0.05) is 19.9 Å². The first-order valence-corrected chi connectivity index (χ1v) is 5.94. The fourth-order valence-corrected chi connectivity index (χ4v) is 2.21. The Morgan fingerprint density at radius 3 is 2.81 bits per heavy atom. The fraction of sp³-hybridized carbons (Fsp3) is 0.357. The number of hydrogen-bond acceptors (Lipinski definition) is 1. The number of ketones is 1. The predicted octanol–water partition coefficient (Wildman–Crippen LogP) is 3.02. The molecule has 0 bridgehead atoms. The minimum atomic E-state index is 0.370. The number of fused-ring (bicyclic) bond motifs is 3. The molecule has 0 aliphatic heterocycles. The van der Waals surface area contributed by atoms with Crippen LogP contribution >= 0.6 is 0 Å². The van der Waals surface area contributed by atoms with Gasteiger partial charge in [0.2, 0.25) is 0 Å². The Kier molecular flexibility index (Phi) is 3.09. The van der Waals surface area contributed by atoms with E-state index in [1.54, 1.807) is 0 Å². The second-order valence-electron chi connectivity index (χ2n) is 3.84. The third-order valence-electron chi connectivity index (χ3n) is 2.93. The number of Topliss-reactive ketones (excluding diaryl/α,β-unsaturated/α-hetero) is 1. The monoisotopic (exact) mass is 215 g/mol. The van der Waals surface area contributed by atoms with E-state index < -0.39 is 0 Å². The molecule has 2 aromatic rings. The van der Waals surface area contributed by atoms with Gasteiger partial charge in [0, 0.05) is 30.8 Å². The van der Waals surface area contributed by atoms with Crippen molar-refractivity contribution >= 4 is 11.3 Å². The first-order chi connectivity index (χ1) is 7.84. The van der Waals surface area contributed by atoms with Gasteiger partial charge in [-0.3, -0.25) is 4.79 Å². The summed E-state index contributed by atoms with van der Waals surface area (Å²) in [5, 5.41) is 0. The highest BCUT2D eigenvalue weighted by atomic mass is 16.1. The van der Waals surface area contributed by atoms with E-state index in [4.69, 9.17) is 0 Å². The molecule has 0 atom stereocenters. The highest BCUT2D eigenvalue weighted by Crippen LogP contribution is 2.24. The van der Waals surface area contributed by atoms with Crippen molar-refractivity contribution in [2.75, 3.05) is 0 Å². The van der Waals surface area contributed by atoms with Gasteiger partial charge in [0.05, 0.1) is 0 Å². The van der Waals surface area contributed by atoms with Gasteiger partial charge in [-0.05, 0) is 29.7 Å². The first-order valence-electron chi connectivity index (χ1n) is 5.94. The normalized spacial score (nSPS) is 14.2. The standard InChI is InChI=1S/C12H11NO.C2H6/c14-10-5-4-9-8-13-6-2-1-3-12(13)11(9)7-10;1-2/h1-3,6,8H,4-5,7H2;1-2H3. The Hall–Kier alpha value is -1.57. The molecule has 0 N–H and O–H groups in total. The molecule has 0 saturated carbocycles. The molecule has 0 saturated heterocycles. The second kappa shape index (κ2) is 4.52. The van der Waals surface area contributed by atoms with Crippen molar-refractivity contribution in [3.8, 4) is 0 Å². The largest absolute Gasteiger partial charge is 0.323 e. The quantitative estimate of drug-likeness (QED) is 0.662. The van der Waals surface area contributed by atoms with Gasteiger partial charge < -0.3 is 4.40 Å². The van der Waals surface area contributed by atoms with E-state index in [0.717, 1.165) is 6.42 Å². The summed E-state index contributed by atoms with van der Waals surface area (Å²) in [5.74, 6) is 0.370. The van der Waals surface area contributed by atoms with Crippen LogP contribution in [-0.4, -0.2) is 10.2 Å². The van der Waals surface area contributed by atoms with Crippen molar-refractivity contribution in [2.24, 2.45) is 0 Å². The Morgan fingerprint density at radius 2 is 2.00 bits per heavy atom. The minimum absolute atomic E-state index is 0.370. The summed E-state index contributed by atoms with van der Waals surface area (Å²) >= 11 is 0. The van der Waals surface area contributed by atoms with Crippen molar-refractivity contribution in [3.05, 3.63) is 41.7 Å². The Labute approximate surface area is 95.9 Å². The summed E-state index contributed by atoms with van der Waals surface area (Å²) in [6.07, 6.45) is 6.44. The number of nitrogens with zero attached hydrogens (tertiary/aromatic N) is 1. The molecular weight excluding hydrogens is 198 g/mol. The van der Waals surface area contributed by atoms with Crippen molar-refractivity contribution in [3.63, 3.8) is 0 Å². The molecule has 2 aromatic heterocycles. The summed E-state index contributed by atoms with van der Waals surface area (Å²) in [4.78, 5) is 11.4. The van der Waals surface area contributed by atoms with Crippen LogP contribution in [-0.2, 0) is 17.6 Å². The summed E-state index contributed by atoms with van der Waals surface area (Å²) in [7, 11) is 0. The van der Waals surface area contributed by atoms with E-state index in [-0.39, 0.29) is 0 Å². The average molecular weight is 215 g/mol. The molecule has 0 unspecified atom stereocenters. The first kappa shape index (κ1) is 10.9. The number of pyridine rings is 1. The van der Waals surface area contributed by atoms with Crippen LogP contribution in [0.3, 0.4) is 0 Å². The van der Waals surface area contributed by atoms with Crippen LogP contribution in [0.5, 0.6) is 0 Å². The Balaban J connectivity index is 0.000000457. The van der Waals surface area contributed by atoms with Crippen LogP contribution in [0.4, 0.5) is 0 Å². The Bertz CT molecular complexity index is 510. The zero-order chi connectivity index (χ0) is 11.5. The smallest absolute Gasteiger partial charge is 0.137 e. The highest BCUT2D eigenvalue weighted by molar-refractivity contribution is 5.86. The molecule has 0 amide bonds. The van der Waals surface area contributed by atoms with Crippen LogP contribution in [0.25, 0.3) is 5.52 Å². The lowest BCUT2D eigenvalue weighted by molar-refractivity contribution is -0.118. The van der Waals surface area contributed by atoms with Crippen LogP contribution in [0.1, 0.15) is 31.4 Å². The maximum atomic E-state index is 11.4. The van der Waals surface area contributed by atoms with Crippen molar-refractivity contribution in [2.45, 2.75) is 33.1 Å². The minimum Gasteiger partial charge on any atom is -0.323 e. The number of carbonyl (C=O) groups is 1. The van der Waals surface area contributed by atoms with Crippen molar-refractivity contribution in [1.82, 2.24) is 4.40 Å². The molecule has 0 aromatic carbocycles. The average Bonchev–Trinajstić information content (AvgIpc) is 2.70. The maximum Gasteiger partial charge on any atom is 0.137 e. The molecule has 2 heteroatoms. The van der Waals surface area contributed by atoms with Crippen LogP contribution < -0.4 is 0 Å². The van der Waals surface area contributed by atoms with Crippen LogP contribution in [0, 0.1) is 0 Å². The van der Waals surface area contributed by atoms with E-state index in [0.29, 0.717) is 18.6 Å². The van der Waals surface area contributed by atoms with Gasteiger partial charge >= 0.3 is 0 Å². The van der Waals surface area contributed by atoms with E-state index in [9.17, 15) is 4.79 Å². The second-order valence-corrected chi connectivity index (χ2v) is 3.84. The summed E-state index contributed by atoms with van der Waals surface area (Å²) in [5.41, 5.74) is 3.77. The summed E-state index contributed by atoms with van der Waals surface area (Å²) in [6, 6.07) is 6.12. The molecule has 1 aliphatic rings. The lowest BCUT2D eigenvalue weighted by Gasteiger charge is -2.09. The SMILES string of the molecule is CC.O=C1CCc2cn3ccccc3c2C1. The van der Waals surface area contributed by atoms with Crippen LogP contribution in [0.15, 0.2) is 30.6 Å². The lowest BCUT2D eigenvalue weighted by Crippen LogP contribution is -2.11. The third-order valence-corrected chi connectivity index (χ3v) is 2.93. The van der Waals surface area contributed by atoms with Gasteiger partial charge in [-0.15, -0.1) is 0 Å². The van der Waals surface area contributed by atoms with Gasteiger partial charge in [-0.2, -0.15) is 0 Å². The predicted molar refractivity (Wildman–Crippen MR) is 65.8 cm³/mol. The highest BCUT2D eigenvalue weighted by Gasteiger charge is 2.18. The maximum absolute atomic E-state index is 11.4. The van der Waals surface area contributed by atoms with Crippen molar-refractivity contribution in [1.29, 1.82) is 0 Å². The molecule has 2 heterocycles. The fourth-order valence-electron chi connectivity index (χ4n) is 2.21. The number of rotatable bonds is 0. The van der Waals surface area contributed by atoms with E-state index in [1.165, 1.54) is 16.6 Å². The van der Waals surface area contributed by atoms with Gasteiger partial charge in [0.1, 0.15) is 5.78 Å². The molecule has 3 rings (SSSR count). The molecule has 84 valence electrons. The number of hydrogen-bond donors (Lipinski definition) is 0. The number of aromatic nitrogens is 1. The molecule has 0 fully saturated rings. The van der Waals surface area contributed by atoms with Gasteiger partial charge in [-0.25, -0.2) is 0 Å². The van der Waals surface area contributed by atoms with E-state index in [2.05, 4.69) is 16.7 Å². The van der Waals surface area contributed by atoms with Gasteiger partial charge in [0.15, 0.2) is 0 Å². The molecule has 2 nitrogen and oxygen atoms in total. The molecule has 0 spiro atoms. The van der Waals surface area contributed by atoms with Gasteiger partial charge in [0.25, 0.3) is 0 Å². The number of carbonyl (C=O) groups excluding carboxylic acids is 1.